The molecule has 0 aromatic heterocycles. The van der Waals surface area contributed by atoms with E-state index >= 15 is 0 Å². The fourth-order valence-corrected chi connectivity index (χ4v) is 0.764. The van der Waals surface area contributed by atoms with Gasteiger partial charge in [0.15, 0.2) is 0 Å². The Morgan fingerprint density at radius 2 is 2.00 bits per heavy atom. The Morgan fingerprint density at radius 3 is 2.50 bits per heavy atom. The molecule has 0 spiro atoms. The fourth-order valence-electron chi connectivity index (χ4n) is 0.764. The number of esters is 1. The van der Waals surface area contributed by atoms with Crippen LogP contribution in [0.25, 0.3) is 0 Å². The van der Waals surface area contributed by atoms with Gasteiger partial charge in [-0.3, -0.25) is 4.79 Å². The molecule has 1 N–H and O–H groups in total. The molecule has 84 valence electrons. The first-order valence-electron chi connectivity index (χ1n) is 5.00. The number of aliphatic hydroxyl groups is 1. The van der Waals surface area contributed by atoms with E-state index in [-0.39, 0.29) is 25.1 Å². The van der Waals surface area contributed by atoms with Gasteiger partial charge in [-0.15, -0.1) is 0 Å². The van der Waals surface area contributed by atoms with E-state index in [9.17, 15) is 4.79 Å². The van der Waals surface area contributed by atoms with Gasteiger partial charge in [0.05, 0.1) is 25.2 Å². The first kappa shape index (κ1) is 13.4. The van der Waals surface area contributed by atoms with Crippen molar-refractivity contribution in [1.29, 1.82) is 0 Å². The molecule has 0 aromatic rings. The summed E-state index contributed by atoms with van der Waals surface area (Å²) in [4.78, 5) is 11.1. The molecule has 2 atom stereocenters. The minimum absolute atomic E-state index is 0.0493. The Kier molecular flexibility index (Phi) is 7.42. The monoisotopic (exact) mass is 204 g/mol. The quantitative estimate of drug-likeness (QED) is 0.496. The van der Waals surface area contributed by atoms with Gasteiger partial charge in [0.2, 0.25) is 0 Å². The van der Waals surface area contributed by atoms with Gasteiger partial charge in [0, 0.05) is 0 Å². The molecule has 4 nitrogen and oxygen atoms in total. The number of ether oxygens (including phenoxy) is 2. The van der Waals surface area contributed by atoms with Crippen molar-refractivity contribution in [1.82, 2.24) is 0 Å². The van der Waals surface area contributed by atoms with Gasteiger partial charge in [0.1, 0.15) is 6.61 Å². The lowest BCUT2D eigenvalue weighted by molar-refractivity contribution is -0.149. The van der Waals surface area contributed by atoms with Crippen molar-refractivity contribution in [2.45, 2.75) is 33.3 Å². The standard InChI is InChI=1S/C10H20O4/c1-4-8(2)10(12)14-6-5-13-7-9(3)11/h8-9,11H,4-7H2,1-3H3. The number of hydrogen-bond acceptors (Lipinski definition) is 4. The summed E-state index contributed by atoms with van der Waals surface area (Å²) in [5, 5.41) is 8.85. The van der Waals surface area contributed by atoms with Crippen LogP contribution >= 0.6 is 0 Å². The average Bonchev–Trinajstić information content (AvgIpc) is 2.15. The Hall–Kier alpha value is -0.610. The summed E-state index contributed by atoms with van der Waals surface area (Å²) < 4.78 is 9.96. The van der Waals surface area contributed by atoms with Crippen molar-refractivity contribution in [2.75, 3.05) is 19.8 Å². The van der Waals surface area contributed by atoms with Gasteiger partial charge < -0.3 is 14.6 Å². The van der Waals surface area contributed by atoms with Crippen molar-refractivity contribution >= 4 is 5.97 Å². The molecule has 0 rings (SSSR count). The van der Waals surface area contributed by atoms with Crippen molar-refractivity contribution < 1.29 is 19.4 Å². The van der Waals surface area contributed by atoms with Crippen LogP contribution in [0.2, 0.25) is 0 Å². The Balaban J connectivity index is 3.32. The first-order valence-corrected chi connectivity index (χ1v) is 5.00. The van der Waals surface area contributed by atoms with Crippen LogP contribution in [-0.2, 0) is 14.3 Å². The molecule has 0 heterocycles. The molecule has 2 unspecified atom stereocenters. The summed E-state index contributed by atoms with van der Waals surface area (Å²) >= 11 is 0. The second kappa shape index (κ2) is 7.76. The highest BCUT2D eigenvalue weighted by molar-refractivity contribution is 5.71. The third kappa shape index (κ3) is 6.86. The molecule has 0 saturated heterocycles. The Bertz CT molecular complexity index is 156. The molecule has 14 heavy (non-hydrogen) atoms. The predicted octanol–water partition coefficient (Wildman–Crippen LogP) is 0.973. The summed E-state index contributed by atoms with van der Waals surface area (Å²) in [5.41, 5.74) is 0. The normalized spacial score (nSPS) is 14.9. The lowest BCUT2D eigenvalue weighted by Gasteiger charge is -2.10. The van der Waals surface area contributed by atoms with Crippen LogP contribution in [0.5, 0.6) is 0 Å². The third-order valence-electron chi connectivity index (χ3n) is 1.85. The highest BCUT2D eigenvalue weighted by Crippen LogP contribution is 2.02. The maximum atomic E-state index is 11.1. The highest BCUT2D eigenvalue weighted by atomic mass is 16.6. The fraction of sp³-hybridized carbons (Fsp3) is 0.900. The highest BCUT2D eigenvalue weighted by Gasteiger charge is 2.11. The summed E-state index contributed by atoms with van der Waals surface area (Å²) in [6.07, 6.45) is 0.313. The maximum absolute atomic E-state index is 11.1. The molecule has 0 radical (unpaired) electrons. The SMILES string of the molecule is CCC(C)C(=O)OCCOCC(C)O. The molecule has 0 aliphatic rings. The van der Waals surface area contributed by atoms with Gasteiger partial charge in [-0.1, -0.05) is 13.8 Å². The van der Waals surface area contributed by atoms with E-state index in [1.54, 1.807) is 6.92 Å². The molecular formula is C10H20O4. The number of hydrogen-bond donors (Lipinski definition) is 1. The van der Waals surface area contributed by atoms with Crippen LogP contribution in [-0.4, -0.2) is 37.0 Å². The van der Waals surface area contributed by atoms with Gasteiger partial charge in [0.25, 0.3) is 0 Å². The smallest absolute Gasteiger partial charge is 0.308 e. The zero-order chi connectivity index (χ0) is 11.0. The van der Waals surface area contributed by atoms with Crippen molar-refractivity contribution in [3.63, 3.8) is 0 Å². The molecule has 0 aromatic carbocycles. The van der Waals surface area contributed by atoms with E-state index in [1.165, 1.54) is 0 Å². The first-order chi connectivity index (χ1) is 6.57. The third-order valence-corrected chi connectivity index (χ3v) is 1.85. The van der Waals surface area contributed by atoms with Gasteiger partial charge in [-0.05, 0) is 13.3 Å². The lowest BCUT2D eigenvalue weighted by Crippen LogP contribution is -2.18. The number of carbonyl (C=O) groups excluding carboxylic acids is 1. The topological polar surface area (TPSA) is 55.8 Å². The maximum Gasteiger partial charge on any atom is 0.308 e. The summed E-state index contributed by atoms with van der Waals surface area (Å²) in [6.45, 7) is 6.30. The summed E-state index contributed by atoms with van der Waals surface area (Å²) in [7, 11) is 0. The largest absolute Gasteiger partial charge is 0.463 e. The van der Waals surface area contributed by atoms with Crippen molar-refractivity contribution in [3.05, 3.63) is 0 Å². The van der Waals surface area contributed by atoms with Gasteiger partial charge in [-0.25, -0.2) is 0 Å². The van der Waals surface area contributed by atoms with Crippen LogP contribution in [0, 0.1) is 5.92 Å². The molecule has 4 heteroatoms. The minimum Gasteiger partial charge on any atom is -0.463 e. The van der Waals surface area contributed by atoms with Crippen LogP contribution in [0.4, 0.5) is 0 Å². The van der Waals surface area contributed by atoms with Crippen molar-refractivity contribution in [3.8, 4) is 0 Å². The number of rotatable bonds is 7. The zero-order valence-corrected chi connectivity index (χ0v) is 9.16. The van der Waals surface area contributed by atoms with Crippen LogP contribution in [0.1, 0.15) is 27.2 Å². The number of carbonyl (C=O) groups is 1. The average molecular weight is 204 g/mol. The molecule has 0 amide bonds. The molecule has 0 aliphatic heterocycles. The molecular weight excluding hydrogens is 184 g/mol. The van der Waals surface area contributed by atoms with E-state index in [0.29, 0.717) is 6.61 Å². The van der Waals surface area contributed by atoms with Gasteiger partial charge >= 0.3 is 5.97 Å². The van der Waals surface area contributed by atoms with Gasteiger partial charge in [-0.2, -0.15) is 0 Å². The summed E-state index contributed by atoms with van der Waals surface area (Å²) in [6, 6.07) is 0. The molecule has 0 saturated carbocycles. The van der Waals surface area contributed by atoms with E-state index in [2.05, 4.69) is 0 Å². The van der Waals surface area contributed by atoms with E-state index < -0.39 is 6.10 Å². The summed E-state index contributed by atoms with van der Waals surface area (Å²) in [5.74, 6) is -0.236. The van der Waals surface area contributed by atoms with E-state index in [1.807, 2.05) is 13.8 Å². The van der Waals surface area contributed by atoms with E-state index in [4.69, 9.17) is 14.6 Å². The second-order valence-electron chi connectivity index (χ2n) is 3.40. The zero-order valence-electron chi connectivity index (χ0n) is 9.16. The molecule has 0 aliphatic carbocycles. The predicted molar refractivity (Wildman–Crippen MR) is 52.9 cm³/mol. The second-order valence-corrected chi connectivity index (χ2v) is 3.40. The van der Waals surface area contributed by atoms with Crippen LogP contribution < -0.4 is 0 Å². The lowest BCUT2D eigenvalue weighted by atomic mass is 10.1. The number of aliphatic hydroxyl groups excluding tert-OH is 1. The molecule has 0 fully saturated rings. The minimum atomic E-state index is -0.472. The van der Waals surface area contributed by atoms with Crippen molar-refractivity contribution in [2.24, 2.45) is 5.92 Å². The van der Waals surface area contributed by atoms with Crippen LogP contribution in [0.15, 0.2) is 0 Å². The molecule has 0 bridgehead atoms. The Labute approximate surface area is 85.2 Å². The van der Waals surface area contributed by atoms with Crippen LogP contribution in [0.3, 0.4) is 0 Å². The van der Waals surface area contributed by atoms with E-state index in [0.717, 1.165) is 6.42 Å². The Morgan fingerprint density at radius 1 is 1.36 bits per heavy atom.